The molecule has 0 atom stereocenters. The Labute approximate surface area is 74.5 Å². The van der Waals surface area contributed by atoms with Crippen LogP contribution in [0.4, 0.5) is 0 Å². The van der Waals surface area contributed by atoms with Crippen molar-refractivity contribution in [1.82, 2.24) is 4.90 Å². The van der Waals surface area contributed by atoms with Gasteiger partial charge in [-0.2, -0.15) is 0 Å². The molecule has 1 amide bonds. The fourth-order valence-corrected chi connectivity index (χ4v) is 0.777. The quantitative estimate of drug-likeness (QED) is 0.452. The molecule has 0 saturated carbocycles. The third kappa shape index (κ3) is 5.89. The van der Waals surface area contributed by atoms with E-state index >= 15 is 0 Å². The minimum absolute atomic E-state index is 0.120. The highest BCUT2D eigenvalue weighted by molar-refractivity contribution is 5.72. The minimum Gasteiger partial charge on any atom is -0.346 e. The molecule has 0 aromatic carbocycles. The van der Waals surface area contributed by atoms with Crippen molar-refractivity contribution >= 4 is 12.1 Å². The first kappa shape index (κ1) is 11.1. The van der Waals surface area contributed by atoms with Crippen LogP contribution in [0.15, 0.2) is 4.99 Å². The van der Waals surface area contributed by atoms with Crippen LogP contribution in [0.25, 0.3) is 0 Å². The van der Waals surface area contributed by atoms with Crippen molar-refractivity contribution in [2.75, 3.05) is 20.1 Å². The van der Waals surface area contributed by atoms with E-state index in [1.54, 1.807) is 11.8 Å². The van der Waals surface area contributed by atoms with E-state index in [4.69, 9.17) is 0 Å². The summed E-state index contributed by atoms with van der Waals surface area (Å²) in [6.07, 6.45) is 3.85. The predicted molar refractivity (Wildman–Crippen MR) is 51.6 cm³/mol. The van der Waals surface area contributed by atoms with Crippen molar-refractivity contribution in [3.63, 3.8) is 0 Å². The van der Waals surface area contributed by atoms with E-state index in [-0.39, 0.29) is 5.91 Å². The molecule has 0 bridgehead atoms. The molecule has 0 aliphatic rings. The molecule has 3 nitrogen and oxygen atoms in total. The van der Waals surface area contributed by atoms with Crippen LogP contribution in [0, 0.1) is 0 Å². The van der Waals surface area contributed by atoms with Gasteiger partial charge >= 0.3 is 0 Å². The van der Waals surface area contributed by atoms with Gasteiger partial charge in [0.2, 0.25) is 5.91 Å². The molecule has 0 aliphatic carbocycles. The Bertz CT molecular complexity index is 155. The molecule has 0 radical (unpaired) electrons. The van der Waals surface area contributed by atoms with E-state index in [1.165, 1.54) is 0 Å². The summed E-state index contributed by atoms with van der Waals surface area (Å²) < 4.78 is 0. The number of hydrogen-bond acceptors (Lipinski definition) is 2. The molecular weight excluding hydrogens is 152 g/mol. The van der Waals surface area contributed by atoms with Crippen LogP contribution >= 0.6 is 0 Å². The second-order valence-corrected chi connectivity index (χ2v) is 2.79. The number of nitrogens with zero attached hydrogens (tertiary/aromatic N) is 2. The van der Waals surface area contributed by atoms with Crippen LogP contribution < -0.4 is 0 Å². The van der Waals surface area contributed by atoms with Crippen molar-refractivity contribution in [2.45, 2.75) is 26.7 Å². The highest BCUT2D eigenvalue weighted by Gasteiger charge is 1.98. The van der Waals surface area contributed by atoms with Gasteiger partial charge in [-0.3, -0.25) is 9.79 Å². The van der Waals surface area contributed by atoms with Crippen LogP contribution in [-0.2, 0) is 4.79 Å². The van der Waals surface area contributed by atoms with E-state index in [9.17, 15) is 4.79 Å². The Morgan fingerprint density at radius 2 is 2.25 bits per heavy atom. The second-order valence-electron chi connectivity index (χ2n) is 2.79. The van der Waals surface area contributed by atoms with Gasteiger partial charge in [-0.25, -0.2) is 0 Å². The number of amides is 1. The van der Waals surface area contributed by atoms with Gasteiger partial charge in [0, 0.05) is 27.1 Å². The maximum atomic E-state index is 10.8. The number of aliphatic imine (C=N–C) groups is 1. The number of rotatable bonds is 5. The standard InChI is InChI=1S/C9H18N2O/c1-4-6-10-7-5-8-11(3)9(2)12/h6H,4-5,7-8H2,1-3H3. The first-order valence-electron chi connectivity index (χ1n) is 4.38. The van der Waals surface area contributed by atoms with Crippen LogP contribution in [0.2, 0.25) is 0 Å². The SMILES string of the molecule is CCC=NCCCN(C)C(C)=O. The van der Waals surface area contributed by atoms with Gasteiger partial charge < -0.3 is 4.90 Å². The predicted octanol–water partition coefficient (Wildman–Crippen LogP) is 1.34. The average Bonchev–Trinajstić information content (AvgIpc) is 2.03. The summed E-state index contributed by atoms with van der Waals surface area (Å²) in [6, 6.07) is 0. The van der Waals surface area contributed by atoms with Gasteiger partial charge in [-0.15, -0.1) is 0 Å². The lowest BCUT2D eigenvalue weighted by molar-refractivity contribution is -0.127. The zero-order valence-corrected chi connectivity index (χ0v) is 8.21. The first-order valence-corrected chi connectivity index (χ1v) is 4.38. The van der Waals surface area contributed by atoms with Crippen molar-refractivity contribution in [3.8, 4) is 0 Å². The molecule has 0 saturated heterocycles. The molecule has 3 heteroatoms. The zero-order valence-electron chi connectivity index (χ0n) is 8.21. The van der Waals surface area contributed by atoms with Gasteiger partial charge in [0.1, 0.15) is 0 Å². The highest BCUT2D eigenvalue weighted by atomic mass is 16.2. The molecule has 0 aliphatic heterocycles. The van der Waals surface area contributed by atoms with Gasteiger partial charge in [0.25, 0.3) is 0 Å². The molecule has 0 spiro atoms. The molecule has 0 N–H and O–H groups in total. The molecule has 12 heavy (non-hydrogen) atoms. The lowest BCUT2D eigenvalue weighted by Crippen LogP contribution is -2.25. The largest absolute Gasteiger partial charge is 0.346 e. The first-order chi connectivity index (χ1) is 5.68. The smallest absolute Gasteiger partial charge is 0.219 e. The van der Waals surface area contributed by atoms with Gasteiger partial charge in [-0.05, 0) is 19.1 Å². The summed E-state index contributed by atoms with van der Waals surface area (Å²) in [4.78, 5) is 16.6. The summed E-state index contributed by atoms with van der Waals surface area (Å²) >= 11 is 0. The van der Waals surface area contributed by atoms with Crippen molar-refractivity contribution < 1.29 is 4.79 Å². The lowest BCUT2D eigenvalue weighted by atomic mass is 10.4. The summed E-state index contributed by atoms with van der Waals surface area (Å²) in [5.41, 5.74) is 0. The normalized spacial score (nSPS) is 10.6. The molecular formula is C9H18N2O. The lowest BCUT2D eigenvalue weighted by Gasteiger charge is -2.12. The monoisotopic (exact) mass is 170 g/mol. The molecule has 70 valence electrons. The highest BCUT2D eigenvalue weighted by Crippen LogP contribution is 1.88. The van der Waals surface area contributed by atoms with Crippen molar-refractivity contribution in [3.05, 3.63) is 0 Å². The van der Waals surface area contributed by atoms with E-state index in [2.05, 4.69) is 11.9 Å². The minimum atomic E-state index is 0.120. The Kier molecular flexibility index (Phi) is 6.34. The van der Waals surface area contributed by atoms with Crippen molar-refractivity contribution in [2.24, 2.45) is 4.99 Å². The van der Waals surface area contributed by atoms with Crippen LogP contribution in [0.1, 0.15) is 26.7 Å². The average molecular weight is 170 g/mol. The van der Waals surface area contributed by atoms with Crippen LogP contribution in [-0.4, -0.2) is 37.2 Å². The van der Waals surface area contributed by atoms with Gasteiger partial charge in [0.05, 0.1) is 0 Å². The molecule has 0 unspecified atom stereocenters. The summed E-state index contributed by atoms with van der Waals surface area (Å²) in [6.45, 7) is 5.27. The Morgan fingerprint density at radius 3 is 2.75 bits per heavy atom. The van der Waals surface area contributed by atoms with Crippen LogP contribution in [0.3, 0.4) is 0 Å². The van der Waals surface area contributed by atoms with Crippen molar-refractivity contribution in [1.29, 1.82) is 0 Å². The summed E-state index contributed by atoms with van der Waals surface area (Å²) in [5.74, 6) is 0.120. The van der Waals surface area contributed by atoms with E-state index < -0.39 is 0 Å². The van der Waals surface area contributed by atoms with Crippen LogP contribution in [0.5, 0.6) is 0 Å². The maximum Gasteiger partial charge on any atom is 0.219 e. The zero-order chi connectivity index (χ0) is 9.40. The summed E-state index contributed by atoms with van der Waals surface area (Å²) in [5, 5.41) is 0. The molecule has 0 aromatic heterocycles. The topological polar surface area (TPSA) is 32.7 Å². The fraction of sp³-hybridized carbons (Fsp3) is 0.778. The van der Waals surface area contributed by atoms with E-state index in [1.807, 2.05) is 13.3 Å². The number of hydrogen-bond donors (Lipinski definition) is 0. The summed E-state index contributed by atoms with van der Waals surface area (Å²) in [7, 11) is 1.81. The number of carbonyl (C=O) groups excluding carboxylic acids is 1. The van der Waals surface area contributed by atoms with Gasteiger partial charge in [0.15, 0.2) is 0 Å². The Morgan fingerprint density at radius 1 is 1.58 bits per heavy atom. The maximum absolute atomic E-state index is 10.8. The molecule has 0 aromatic rings. The van der Waals surface area contributed by atoms with E-state index in [0.29, 0.717) is 0 Å². The third-order valence-corrected chi connectivity index (χ3v) is 1.63. The number of carbonyl (C=O) groups is 1. The van der Waals surface area contributed by atoms with E-state index in [0.717, 1.165) is 25.9 Å². The molecule has 0 fully saturated rings. The second kappa shape index (κ2) is 6.83. The molecule has 0 rings (SSSR count). The third-order valence-electron chi connectivity index (χ3n) is 1.63. The van der Waals surface area contributed by atoms with Gasteiger partial charge in [-0.1, -0.05) is 6.92 Å². The Hall–Kier alpha value is -0.860. The Balaban J connectivity index is 3.31. The molecule has 0 heterocycles. The fourth-order valence-electron chi connectivity index (χ4n) is 0.777.